The fraction of sp³-hybridized carbons (Fsp3) is 0.842. The van der Waals surface area contributed by atoms with E-state index in [0.29, 0.717) is 32.1 Å². The van der Waals surface area contributed by atoms with E-state index in [4.69, 9.17) is 14.2 Å². The molecule has 0 aliphatic carbocycles. The zero-order valence-corrected chi connectivity index (χ0v) is 29.6. The molecule has 0 bridgehead atoms. The average molecular weight is 669 g/mol. The number of rotatable bonds is 29. The van der Waals surface area contributed by atoms with Crippen LogP contribution < -0.4 is 0 Å². The predicted octanol–water partition coefficient (Wildman–Crippen LogP) is 7.22. The van der Waals surface area contributed by atoms with Gasteiger partial charge in [-0.2, -0.15) is 0 Å². The van der Waals surface area contributed by atoms with Crippen LogP contribution in [0.1, 0.15) is 155 Å². The minimum absolute atomic E-state index is 0.137. The highest BCUT2D eigenvalue weighted by atomic mass is 16.6. The molecule has 1 saturated heterocycles. The summed E-state index contributed by atoms with van der Waals surface area (Å²) in [6, 6.07) is 0. The molecule has 0 spiro atoms. The van der Waals surface area contributed by atoms with Crippen LogP contribution in [0.3, 0.4) is 0 Å². The van der Waals surface area contributed by atoms with Crippen molar-refractivity contribution in [3.63, 3.8) is 0 Å². The molecule has 0 radical (unpaired) electrons. The summed E-state index contributed by atoms with van der Waals surface area (Å²) < 4.78 is 15.9. The van der Waals surface area contributed by atoms with Crippen molar-refractivity contribution in [3.8, 4) is 0 Å². The predicted molar refractivity (Wildman–Crippen MR) is 186 cm³/mol. The summed E-state index contributed by atoms with van der Waals surface area (Å²) in [5.41, 5.74) is 0. The number of carbonyl (C=O) groups excluding carboxylic acids is 2. The Morgan fingerprint density at radius 1 is 0.745 bits per heavy atom. The van der Waals surface area contributed by atoms with Gasteiger partial charge in [0.25, 0.3) is 0 Å². The molecule has 6 atom stereocenters. The van der Waals surface area contributed by atoms with E-state index in [9.17, 15) is 30.0 Å². The summed E-state index contributed by atoms with van der Waals surface area (Å²) >= 11 is 0. The largest absolute Gasteiger partial charge is 0.463 e. The Morgan fingerprint density at radius 3 is 1.87 bits per heavy atom. The fourth-order valence-electron chi connectivity index (χ4n) is 5.77. The second-order valence-electron chi connectivity index (χ2n) is 13.2. The molecule has 1 rings (SSSR count). The molecule has 9 heteroatoms. The summed E-state index contributed by atoms with van der Waals surface area (Å²) in [4.78, 5) is 24.0. The summed E-state index contributed by atoms with van der Waals surface area (Å²) in [5.74, 6) is -1.01. The standard InChI is InChI=1S/C38H68O9/c1-3-5-7-8-9-10-11-12-13-14-15-20-24-36(42)45-29-32(40)30-46-37(43)25-21-17-16-19-23-33-34(41)28-38(44)47-35(33)27-26-31(39)22-18-6-4-2/h16,19,26-27,31-35,38-41,44H,3-15,17-18,20-25,28-30H2,1-2H3/b19-16-,27-26+/t31-,32-,33-,34-,35+,38?/m0/s1. The number of hydrogen-bond donors (Lipinski definition) is 4. The average Bonchev–Trinajstić information content (AvgIpc) is 3.04. The zero-order chi connectivity index (χ0) is 34.5. The lowest BCUT2D eigenvalue weighted by Crippen LogP contribution is -2.43. The molecule has 9 nitrogen and oxygen atoms in total. The highest BCUT2D eigenvalue weighted by Gasteiger charge is 2.35. The monoisotopic (exact) mass is 668 g/mol. The van der Waals surface area contributed by atoms with Crippen LogP contribution in [0.5, 0.6) is 0 Å². The third-order valence-corrected chi connectivity index (χ3v) is 8.73. The quantitative estimate of drug-likeness (QED) is 0.0369. The molecular weight excluding hydrogens is 600 g/mol. The molecule has 1 fully saturated rings. The van der Waals surface area contributed by atoms with Crippen molar-refractivity contribution < 1.29 is 44.2 Å². The van der Waals surface area contributed by atoms with Gasteiger partial charge in [-0.1, -0.05) is 128 Å². The highest BCUT2D eigenvalue weighted by Crippen LogP contribution is 2.29. The Kier molecular flexibility index (Phi) is 26.8. The van der Waals surface area contributed by atoms with Crippen LogP contribution >= 0.6 is 0 Å². The minimum Gasteiger partial charge on any atom is -0.463 e. The van der Waals surface area contributed by atoms with Gasteiger partial charge in [0.1, 0.15) is 19.3 Å². The van der Waals surface area contributed by atoms with Crippen molar-refractivity contribution in [1.29, 1.82) is 0 Å². The van der Waals surface area contributed by atoms with Crippen molar-refractivity contribution in [1.82, 2.24) is 0 Å². The third kappa shape index (κ3) is 24.1. The second-order valence-corrected chi connectivity index (χ2v) is 13.2. The van der Waals surface area contributed by atoms with Gasteiger partial charge in [0.2, 0.25) is 0 Å². The highest BCUT2D eigenvalue weighted by molar-refractivity contribution is 5.69. The maximum atomic E-state index is 12.1. The van der Waals surface area contributed by atoms with Crippen molar-refractivity contribution in [3.05, 3.63) is 24.3 Å². The van der Waals surface area contributed by atoms with Crippen LogP contribution in [0, 0.1) is 5.92 Å². The summed E-state index contributed by atoms with van der Waals surface area (Å²) in [6.07, 6.45) is 24.3. The fourth-order valence-corrected chi connectivity index (χ4v) is 5.77. The van der Waals surface area contributed by atoms with E-state index in [2.05, 4.69) is 13.8 Å². The Morgan fingerprint density at radius 2 is 1.28 bits per heavy atom. The molecular formula is C38H68O9. The van der Waals surface area contributed by atoms with Crippen LogP contribution in [-0.4, -0.2) is 76.3 Å². The number of hydrogen-bond acceptors (Lipinski definition) is 9. The maximum Gasteiger partial charge on any atom is 0.305 e. The topological polar surface area (TPSA) is 143 Å². The first-order valence-corrected chi connectivity index (χ1v) is 18.8. The first-order chi connectivity index (χ1) is 22.8. The van der Waals surface area contributed by atoms with E-state index >= 15 is 0 Å². The Hall–Kier alpha value is -1.78. The van der Waals surface area contributed by atoms with E-state index in [1.54, 1.807) is 12.2 Å². The Balaban J connectivity index is 2.12. The van der Waals surface area contributed by atoms with Gasteiger partial charge < -0.3 is 34.6 Å². The van der Waals surface area contributed by atoms with Gasteiger partial charge in [0, 0.05) is 25.2 Å². The van der Waals surface area contributed by atoms with E-state index in [1.807, 2.05) is 12.2 Å². The normalized spacial score (nSPS) is 21.3. The summed E-state index contributed by atoms with van der Waals surface area (Å²) in [7, 11) is 0. The van der Waals surface area contributed by atoms with Crippen molar-refractivity contribution in [2.75, 3.05) is 13.2 Å². The number of aliphatic hydroxyl groups excluding tert-OH is 4. The summed E-state index contributed by atoms with van der Waals surface area (Å²) in [5, 5.41) is 40.7. The van der Waals surface area contributed by atoms with E-state index in [1.165, 1.54) is 57.8 Å². The van der Waals surface area contributed by atoms with Crippen LogP contribution in [0.15, 0.2) is 24.3 Å². The number of unbranched alkanes of at least 4 members (excludes halogenated alkanes) is 14. The van der Waals surface area contributed by atoms with Crippen LogP contribution in [0.25, 0.3) is 0 Å². The first kappa shape index (κ1) is 43.2. The molecule has 0 amide bonds. The lowest BCUT2D eigenvalue weighted by molar-refractivity contribution is -0.199. The maximum absolute atomic E-state index is 12.1. The SMILES string of the molecule is CCCCCCCCCCCCCCC(=O)OC[C@H](O)COC(=O)CCC/C=C\C[C@H]1[C@@H](O)CC(O)O[C@@H]1/C=C/[C@@H](O)CCCCC. The van der Waals surface area contributed by atoms with Crippen molar-refractivity contribution in [2.45, 2.75) is 186 Å². The molecule has 1 aliphatic rings. The Labute approximate surface area is 285 Å². The Bertz CT molecular complexity index is 830. The smallest absolute Gasteiger partial charge is 0.305 e. The van der Waals surface area contributed by atoms with E-state index in [0.717, 1.165) is 38.5 Å². The van der Waals surface area contributed by atoms with Gasteiger partial charge in [0.05, 0.1) is 18.3 Å². The van der Waals surface area contributed by atoms with Gasteiger partial charge in [-0.15, -0.1) is 0 Å². The van der Waals surface area contributed by atoms with Gasteiger partial charge in [0.15, 0.2) is 6.29 Å². The number of ether oxygens (including phenoxy) is 3. The van der Waals surface area contributed by atoms with Crippen LogP contribution in [-0.2, 0) is 23.8 Å². The molecule has 47 heavy (non-hydrogen) atoms. The molecule has 274 valence electrons. The molecule has 1 unspecified atom stereocenters. The van der Waals surface area contributed by atoms with Gasteiger partial charge in [-0.05, 0) is 32.1 Å². The second kappa shape index (κ2) is 29.2. The zero-order valence-electron chi connectivity index (χ0n) is 29.6. The molecule has 1 aliphatic heterocycles. The molecule has 0 aromatic rings. The lowest BCUT2D eigenvalue weighted by Gasteiger charge is -2.36. The third-order valence-electron chi connectivity index (χ3n) is 8.73. The molecule has 1 heterocycles. The number of esters is 2. The van der Waals surface area contributed by atoms with Gasteiger partial charge in [-0.25, -0.2) is 0 Å². The van der Waals surface area contributed by atoms with Crippen LogP contribution in [0.2, 0.25) is 0 Å². The van der Waals surface area contributed by atoms with E-state index in [-0.39, 0.29) is 37.9 Å². The molecule has 4 N–H and O–H groups in total. The first-order valence-electron chi connectivity index (χ1n) is 18.8. The number of allylic oxidation sites excluding steroid dienone is 2. The molecule has 0 saturated carbocycles. The van der Waals surface area contributed by atoms with Crippen molar-refractivity contribution >= 4 is 11.9 Å². The minimum atomic E-state index is -1.05. The molecule has 0 aromatic carbocycles. The van der Waals surface area contributed by atoms with E-state index < -0.39 is 36.7 Å². The van der Waals surface area contributed by atoms with Crippen LogP contribution in [0.4, 0.5) is 0 Å². The number of aliphatic hydroxyl groups is 4. The lowest BCUT2D eigenvalue weighted by atomic mass is 9.87. The van der Waals surface area contributed by atoms with Gasteiger partial charge >= 0.3 is 11.9 Å². The van der Waals surface area contributed by atoms with Gasteiger partial charge in [-0.3, -0.25) is 9.59 Å². The van der Waals surface area contributed by atoms with Crippen molar-refractivity contribution in [2.24, 2.45) is 5.92 Å². The molecule has 0 aromatic heterocycles. The number of carbonyl (C=O) groups is 2. The summed E-state index contributed by atoms with van der Waals surface area (Å²) in [6.45, 7) is 3.95.